The molecule has 3 aromatic rings. The van der Waals surface area contributed by atoms with E-state index >= 15 is 0 Å². The normalized spacial score (nSPS) is 12.1. The quantitative estimate of drug-likeness (QED) is 0.346. The van der Waals surface area contributed by atoms with Gasteiger partial charge in [0.05, 0.1) is 22.1 Å². The van der Waals surface area contributed by atoms with Crippen molar-refractivity contribution in [1.82, 2.24) is 0 Å². The molecule has 0 aromatic heterocycles. The molecule has 0 unspecified atom stereocenters. The predicted octanol–water partition coefficient (Wildman–Crippen LogP) is 3.20. The summed E-state index contributed by atoms with van der Waals surface area (Å²) in [6, 6.07) is 13.0. The van der Waals surface area contributed by atoms with E-state index in [-0.39, 0.29) is 33.7 Å². The fourth-order valence-electron chi connectivity index (χ4n) is 3.08. The first-order valence-electron chi connectivity index (χ1n) is 8.91. The Labute approximate surface area is 184 Å². The number of benzene rings is 3. The van der Waals surface area contributed by atoms with E-state index in [9.17, 15) is 31.3 Å². The number of carbonyl (C=O) groups excluding carboxylic acids is 1. The monoisotopic (exact) mass is 483 g/mol. The van der Waals surface area contributed by atoms with Gasteiger partial charge in [-0.3, -0.25) is 9.35 Å². The number of anilines is 1. The topological polar surface area (TPSA) is 138 Å². The summed E-state index contributed by atoms with van der Waals surface area (Å²) >= 11 is 5.54. The third-order valence-electron chi connectivity index (χ3n) is 4.50. The summed E-state index contributed by atoms with van der Waals surface area (Å²) in [6.07, 6.45) is 0. The minimum Gasteiger partial charge on any atom is -0.507 e. The van der Waals surface area contributed by atoms with E-state index in [1.54, 1.807) is 30.3 Å². The van der Waals surface area contributed by atoms with Crippen LogP contribution >= 0.6 is 11.6 Å². The lowest BCUT2D eigenvalue weighted by Crippen LogP contribution is -2.13. The van der Waals surface area contributed by atoms with E-state index in [0.29, 0.717) is 5.56 Å². The van der Waals surface area contributed by atoms with Crippen LogP contribution in [-0.4, -0.2) is 44.0 Å². The van der Waals surface area contributed by atoms with Crippen molar-refractivity contribution in [2.75, 3.05) is 16.9 Å². The summed E-state index contributed by atoms with van der Waals surface area (Å²) in [5.41, 5.74) is 0.666. The molecule has 3 rings (SSSR count). The van der Waals surface area contributed by atoms with Gasteiger partial charge in [-0.1, -0.05) is 24.3 Å². The Balaban J connectivity index is 2.19. The highest BCUT2D eigenvalue weighted by atomic mass is 35.5. The Morgan fingerprint density at radius 2 is 1.68 bits per heavy atom. The third kappa shape index (κ3) is 5.34. The van der Waals surface area contributed by atoms with Crippen molar-refractivity contribution in [3.05, 3.63) is 65.7 Å². The lowest BCUT2D eigenvalue weighted by Gasteiger charge is -2.15. The average Bonchev–Trinajstić information content (AvgIpc) is 2.69. The second kappa shape index (κ2) is 8.83. The zero-order valence-corrected chi connectivity index (χ0v) is 18.3. The Morgan fingerprint density at radius 3 is 2.29 bits per heavy atom. The van der Waals surface area contributed by atoms with Crippen LogP contribution in [0.5, 0.6) is 5.75 Å². The standard InChI is InChI=1S/C20H18ClNO7S2/c21-8-9-30(25,26)12-14-6-7-17(22-20(24)13-4-2-1-3-5-13)19-16(14)10-15(11-18(19)23)31(27,28)29/h1-7,10-11,23H,8-9,12H2,(H,22,24)(H,27,28,29). The van der Waals surface area contributed by atoms with E-state index in [4.69, 9.17) is 11.6 Å². The number of carbonyl (C=O) groups is 1. The Morgan fingerprint density at radius 1 is 1.00 bits per heavy atom. The maximum absolute atomic E-state index is 12.6. The van der Waals surface area contributed by atoms with E-state index in [1.165, 1.54) is 12.1 Å². The highest BCUT2D eigenvalue weighted by molar-refractivity contribution is 7.90. The second-order valence-electron chi connectivity index (χ2n) is 6.71. The van der Waals surface area contributed by atoms with Gasteiger partial charge in [0.2, 0.25) is 0 Å². The lowest BCUT2D eigenvalue weighted by atomic mass is 10.0. The Hall–Kier alpha value is -2.66. The van der Waals surface area contributed by atoms with Gasteiger partial charge in [0, 0.05) is 22.9 Å². The van der Waals surface area contributed by atoms with E-state index < -0.39 is 42.3 Å². The van der Waals surface area contributed by atoms with Crippen LogP contribution in [0.4, 0.5) is 5.69 Å². The van der Waals surface area contributed by atoms with Gasteiger partial charge in [0.25, 0.3) is 16.0 Å². The molecule has 0 saturated heterocycles. The molecule has 8 nitrogen and oxygen atoms in total. The number of amides is 1. The van der Waals surface area contributed by atoms with Crippen LogP contribution in [0.25, 0.3) is 10.8 Å². The molecule has 0 aliphatic heterocycles. The molecule has 0 aliphatic rings. The van der Waals surface area contributed by atoms with E-state index in [0.717, 1.165) is 12.1 Å². The molecule has 3 N–H and O–H groups in total. The van der Waals surface area contributed by atoms with Gasteiger partial charge in [-0.2, -0.15) is 8.42 Å². The highest BCUT2D eigenvalue weighted by Gasteiger charge is 2.21. The van der Waals surface area contributed by atoms with Crippen molar-refractivity contribution in [2.45, 2.75) is 10.6 Å². The maximum atomic E-state index is 12.6. The largest absolute Gasteiger partial charge is 0.507 e. The first kappa shape index (κ1) is 23.0. The average molecular weight is 484 g/mol. The molecule has 31 heavy (non-hydrogen) atoms. The minimum atomic E-state index is -4.68. The van der Waals surface area contributed by atoms with Crippen molar-refractivity contribution in [1.29, 1.82) is 0 Å². The van der Waals surface area contributed by atoms with Crippen LogP contribution in [-0.2, 0) is 25.7 Å². The molecule has 0 bridgehead atoms. The molecule has 164 valence electrons. The van der Waals surface area contributed by atoms with E-state index in [2.05, 4.69) is 5.32 Å². The number of rotatable bonds is 7. The zero-order valence-electron chi connectivity index (χ0n) is 15.9. The molecule has 0 fully saturated rings. The number of phenols is 1. The number of sulfone groups is 1. The fourth-order valence-corrected chi connectivity index (χ4v) is 5.42. The number of nitrogens with one attached hydrogen (secondary N) is 1. The van der Waals surface area contributed by atoms with Crippen LogP contribution in [0.1, 0.15) is 15.9 Å². The van der Waals surface area contributed by atoms with Gasteiger partial charge in [0.1, 0.15) is 5.75 Å². The second-order valence-corrected chi connectivity index (χ2v) is 10.7. The van der Waals surface area contributed by atoms with Gasteiger partial charge in [-0.05, 0) is 35.2 Å². The van der Waals surface area contributed by atoms with Crippen molar-refractivity contribution >= 4 is 53.9 Å². The summed E-state index contributed by atoms with van der Waals surface area (Å²) in [5.74, 6) is -1.93. The van der Waals surface area contributed by atoms with Crippen LogP contribution in [0.15, 0.2) is 59.5 Å². The Bertz CT molecular complexity index is 1360. The zero-order chi connectivity index (χ0) is 22.8. The smallest absolute Gasteiger partial charge is 0.294 e. The van der Waals surface area contributed by atoms with Crippen LogP contribution < -0.4 is 5.32 Å². The summed E-state index contributed by atoms with van der Waals surface area (Å²) in [7, 11) is -8.31. The van der Waals surface area contributed by atoms with Crippen molar-refractivity contribution in [3.63, 3.8) is 0 Å². The summed E-state index contributed by atoms with van der Waals surface area (Å²) in [6.45, 7) is 0. The maximum Gasteiger partial charge on any atom is 0.294 e. The third-order valence-corrected chi connectivity index (χ3v) is 7.32. The number of hydrogen-bond acceptors (Lipinski definition) is 6. The van der Waals surface area contributed by atoms with Gasteiger partial charge in [-0.15, -0.1) is 11.6 Å². The van der Waals surface area contributed by atoms with Crippen LogP contribution in [0.2, 0.25) is 0 Å². The summed E-state index contributed by atoms with van der Waals surface area (Å²) < 4.78 is 57.2. The lowest BCUT2D eigenvalue weighted by molar-refractivity contribution is 0.102. The molecule has 0 saturated carbocycles. The number of aromatic hydroxyl groups is 1. The number of alkyl halides is 1. The SMILES string of the molecule is O=C(Nc1ccc(CS(=O)(=O)CCCl)c2cc(S(=O)(=O)O)cc(O)c12)c1ccccc1. The van der Waals surface area contributed by atoms with Crippen molar-refractivity contribution < 1.29 is 31.3 Å². The highest BCUT2D eigenvalue weighted by Crippen LogP contribution is 2.37. The molecular formula is C20H18ClNO7S2. The summed E-state index contributed by atoms with van der Waals surface area (Å²) in [5, 5.41) is 13.2. The number of fused-ring (bicyclic) bond motifs is 1. The van der Waals surface area contributed by atoms with Crippen molar-refractivity contribution in [3.8, 4) is 5.75 Å². The molecule has 11 heteroatoms. The molecule has 1 amide bonds. The minimum absolute atomic E-state index is 0.0373. The molecule has 0 aliphatic carbocycles. The van der Waals surface area contributed by atoms with Gasteiger partial charge >= 0.3 is 0 Å². The van der Waals surface area contributed by atoms with Crippen molar-refractivity contribution in [2.24, 2.45) is 0 Å². The molecule has 0 heterocycles. The number of hydrogen-bond donors (Lipinski definition) is 3. The fraction of sp³-hybridized carbons (Fsp3) is 0.150. The van der Waals surface area contributed by atoms with Gasteiger partial charge < -0.3 is 10.4 Å². The molecular weight excluding hydrogens is 466 g/mol. The molecule has 0 spiro atoms. The summed E-state index contributed by atoms with van der Waals surface area (Å²) in [4.78, 5) is 11.9. The first-order chi connectivity index (χ1) is 14.5. The van der Waals surface area contributed by atoms with Crippen LogP contribution in [0, 0.1) is 0 Å². The molecule has 0 radical (unpaired) electrons. The van der Waals surface area contributed by atoms with Gasteiger partial charge in [-0.25, -0.2) is 8.42 Å². The molecule has 3 aromatic carbocycles. The first-order valence-corrected chi connectivity index (χ1v) is 12.7. The van der Waals surface area contributed by atoms with E-state index in [1.807, 2.05) is 0 Å². The molecule has 0 atom stereocenters. The predicted molar refractivity (Wildman–Crippen MR) is 118 cm³/mol. The number of halogens is 1. The Kier molecular flexibility index (Phi) is 6.56. The van der Waals surface area contributed by atoms with Crippen LogP contribution in [0.3, 0.4) is 0 Å². The van der Waals surface area contributed by atoms with Gasteiger partial charge in [0.15, 0.2) is 9.84 Å². The number of phenolic OH excluding ortho intramolecular Hbond substituents is 1.